The molecule has 1 heterocycles. The Bertz CT molecular complexity index is 386. The van der Waals surface area contributed by atoms with Crippen LogP contribution >= 0.6 is 0 Å². The summed E-state index contributed by atoms with van der Waals surface area (Å²) in [6, 6.07) is 7.65. The molecule has 0 saturated carbocycles. The van der Waals surface area contributed by atoms with Gasteiger partial charge in [-0.3, -0.25) is 9.63 Å². The number of rotatable bonds is 3. The highest BCUT2D eigenvalue weighted by atomic mass is 16.7. The Hall–Kier alpha value is -1.55. The van der Waals surface area contributed by atoms with Crippen molar-refractivity contribution in [3.8, 4) is 5.75 Å². The van der Waals surface area contributed by atoms with E-state index in [9.17, 15) is 4.79 Å². The van der Waals surface area contributed by atoms with Crippen molar-refractivity contribution < 1.29 is 14.4 Å². The van der Waals surface area contributed by atoms with Gasteiger partial charge in [-0.05, 0) is 31.4 Å². The molecule has 1 fully saturated rings. The van der Waals surface area contributed by atoms with Gasteiger partial charge in [0.2, 0.25) is 0 Å². The Labute approximate surface area is 101 Å². The van der Waals surface area contributed by atoms with Crippen molar-refractivity contribution in [3.05, 3.63) is 29.8 Å². The fourth-order valence-corrected chi connectivity index (χ4v) is 1.72. The Morgan fingerprint density at radius 1 is 1.41 bits per heavy atom. The van der Waals surface area contributed by atoms with Crippen molar-refractivity contribution in [3.63, 3.8) is 0 Å². The van der Waals surface area contributed by atoms with Crippen molar-refractivity contribution in [1.29, 1.82) is 0 Å². The molecule has 1 aliphatic heterocycles. The highest BCUT2D eigenvalue weighted by Gasteiger charge is 2.18. The normalized spacial score (nSPS) is 15.7. The maximum absolute atomic E-state index is 11.8. The summed E-state index contributed by atoms with van der Waals surface area (Å²) in [4.78, 5) is 17.0. The van der Waals surface area contributed by atoms with Gasteiger partial charge in [0.05, 0.1) is 6.61 Å². The first kappa shape index (κ1) is 11.9. The maximum atomic E-state index is 11.8. The monoisotopic (exact) mass is 235 g/mol. The summed E-state index contributed by atoms with van der Waals surface area (Å²) in [5.74, 6) is 0.630. The minimum absolute atomic E-state index is 0.0326. The lowest BCUT2D eigenvalue weighted by atomic mass is 10.2. The van der Waals surface area contributed by atoms with Crippen LogP contribution < -0.4 is 4.74 Å². The third kappa shape index (κ3) is 3.20. The lowest BCUT2D eigenvalue weighted by Gasteiger charge is -2.25. The highest BCUT2D eigenvalue weighted by Crippen LogP contribution is 2.16. The molecule has 17 heavy (non-hydrogen) atoms. The van der Waals surface area contributed by atoms with E-state index in [1.165, 1.54) is 5.06 Å². The van der Waals surface area contributed by atoms with E-state index in [1.807, 2.05) is 31.2 Å². The highest BCUT2D eigenvalue weighted by molar-refractivity contribution is 5.76. The van der Waals surface area contributed by atoms with E-state index in [4.69, 9.17) is 9.57 Å². The Kier molecular flexibility index (Phi) is 3.98. The van der Waals surface area contributed by atoms with E-state index in [-0.39, 0.29) is 12.5 Å². The Morgan fingerprint density at radius 3 is 2.94 bits per heavy atom. The third-order valence-corrected chi connectivity index (χ3v) is 2.73. The van der Waals surface area contributed by atoms with Gasteiger partial charge in [0, 0.05) is 6.54 Å². The molecule has 1 aliphatic rings. The smallest absolute Gasteiger partial charge is 0.283 e. The minimum atomic E-state index is -0.118. The van der Waals surface area contributed by atoms with Gasteiger partial charge in [0.25, 0.3) is 5.91 Å². The number of carbonyl (C=O) groups excluding carboxylic acids is 1. The SMILES string of the molecule is Cc1ccccc1OCC(=O)N1CCCCO1. The topological polar surface area (TPSA) is 38.8 Å². The second-order valence-electron chi connectivity index (χ2n) is 4.09. The summed E-state index contributed by atoms with van der Waals surface area (Å²) in [6.45, 7) is 3.27. The van der Waals surface area contributed by atoms with Crippen LogP contribution in [0.4, 0.5) is 0 Å². The summed E-state index contributed by atoms with van der Waals surface area (Å²) in [5, 5.41) is 1.40. The van der Waals surface area contributed by atoms with Crippen LogP contribution in [0, 0.1) is 6.92 Å². The van der Waals surface area contributed by atoms with Crippen molar-refractivity contribution in [1.82, 2.24) is 5.06 Å². The molecular weight excluding hydrogens is 218 g/mol. The molecule has 0 atom stereocenters. The van der Waals surface area contributed by atoms with E-state index in [1.54, 1.807) is 0 Å². The molecule has 4 heteroatoms. The molecule has 0 radical (unpaired) electrons. The van der Waals surface area contributed by atoms with Gasteiger partial charge in [-0.2, -0.15) is 0 Å². The van der Waals surface area contributed by atoms with Crippen molar-refractivity contribution >= 4 is 5.91 Å². The standard InChI is InChI=1S/C13H17NO3/c1-11-6-2-3-7-12(11)16-10-13(15)14-8-4-5-9-17-14/h2-3,6-7H,4-5,8-10H2,1H3. The molecule has 1 aromatic rings. The van der Waals surface area contributed by atoms with E-state index in [0.29, 0.717) is 13.2 Å². The number of carbonyl (C=O) groups is 1. The molecular formula is C13H17NO3. The fraction of sp³-hybridized carbons (Fsp3) is 0.462. The van der Waals surface area contributed by atoms with Crippen LogP contribution in [0.15, 0.2) is 24.3 Å². The lowest BCUT2D eigenvalue weighted by molar-refractivity contribution is -0.198. The number of benzene rings is 1. The average molecular weight is 235 g/mol. The average Bonchev–Trinajstić information content (AvgIpc) is 2.38. The molecule has 4 nitrogen and oxygen atoms in total. The molecule has 1 amide bonds. The molecule has 1 aromatic carbocycles. The number of ether oxygens (including phenoxy) is 1. The number of para-hydroxylation sites is 1. The van der Waals surface area contributed by atoms with Crippen molar-refractivity contribution in [2.24, 2.45) is 0 Å². The number of hydroxylamine groups is 2. The largest absolute Gasteiger partial charge is 0.483 e. The number of hydrogen-bond donors (Lipinski definition) is 0. The van der Waals surface area contributed by atoms with Crippen molar-refractivity contribution in [2.75, 3.05) is 19.8 Å². The quantitative estimate of drug-likeness (QED) is 0.803. The van der Waals surface area contributed by atoms with Crippen LogP contribution in [-0.4, -0.2) is 30.7 Å². The van der Waals surface area contributed by atoms with Gasteiger partial charge in [-0.15, -0.1) is 0 Å². The van der Waals surface area contributed by atoms with E-state index < -0.39 is 0 Å². The number of aryl methyl sites for hydroxylation is 1. The van der Waals surface area contributed by atoms with Gasteiger partial charge in [-0.25, -0.2) is 5.06 Å². The van der Waals surface area contributed by atoms with Crippen molar-refractivity contribution in [2.45, 2.75) is 19.8 Å². The van der Waals surface area contributed by atoms with Gasteiger partial charge in [0.15, 0.2) is 6.61 Å². The molecule has 0 bridgehead atoms. The predicted octanol–water partition coefficient (Wildman–Crippen LogP) is 1.93. The zero-order chi connectivity index (χ0) is 12.1. The number of hydrogen-bond acceptors (Lipinski definition) is 3. The summed E-state index contributed by atoms with van der Waals surface area (Å²) >= 11 is 0. The van der Waals surface area contributed by atoms with Crippen LogP contribution in [-0.2, 0) is 9.63 Å². The molecule has 0 aromatic heterocycles. The summed E-state index contributed by atoms with van der Waals surface area (Å²) in [7, 11) is 0. The van der Waals surface area contributed by atoms with Crippen LogP contribution in [0.1, 0.15) is 18.4 Å². The molecule has 0 aliphatic carbocycles. The molecule has 1 saturated heterocycles. The molecule has 92 valence electrons. The molecule has 0 spiro atoms. The van der Waals surface area contributed by atoms with E-state index in [0.717, 1.165) is 24.2 Å². The predicted molar refractivity (Wildman–Crippen MR) is 63.6 cm³/mol. The summed E-state index contributed by atoms with van der Waals surface area (Å²) < 4.78 is 5.48. The molecule has 0 N–H and O–H groups in total. The molecule has 0 unspecified atom stereocenters. The first-order valence-corrected chi connectivity index (χ1v) is 5.89. The Balaban J connectivity index is 1.85. The second kappa shape index (κ2) is 5.68. The maximum Gasteiger partial charge on any atom is 0.283 e. The number of nitrogens with zero attached hydrogens (tertiary/aromatic N) is 1. The van der Waals surface area contributed by atoms with E-state index >= 15 is 0 Å². The fourth-order valence-electron chi connectivity index (χ4n) is 1.72. The van der Waals surface area contributed by atoms with Crippen LogP contribution in [0.5, 0.6) is 5.75 Å². The summed E-state index contributed by atoms with van der Waals surface area (Å²) in [6.07, 6.45) is 2.01. The van der Waals surface area contributed by atoms with Gasteiger partial charge < -0.3 is 4.74 Å². The second-order valence-corrected chi connectivity index (χ2v) is 4.09. The van der Waals surface area contributed by atoms with Gasteiger partial charge in [-0.1, -0.05) is 18.2 Å². The van der Waals surface area contributed by atoms with Crippen LogP contribution in [0.3, 0.4) is 0 Å². The third-order valence-electron chi connectivity index (χ3n) is 2.73. The zero-order valence-corrected chi connectivity index (χ0v) is 10.0. The van der Waals surface area contributed by atoms with Crippen LogP contribution in [0.2, 0.25) is 0 Å². The first-order chi connectivity index (χ1) is 8.27. The van der Waals surface area contributed by atoms with E-state index in [2.05, 4.69) is 0 Å². The summed E-state index contributed by atoms with van der Waals surface area (Å²) in [5.41, 5.74) is 1.03. The van der Waals surface area contributed by atoms with Gasteiger partial charge >= 0.3 is 0 Å². The minimum Gasteiger partial charge on any atom is -0.483 e. The lowest BCUT2D eigenvalue weighted by Crippen LogP contribution is -2.38. The first-order valence-electron chi connectivity index (χ1n) is 5.89. The molecule has 2 rings (SSSR count). The zero-order valence-electron chi connectivity index (χ0n) is 10.0. The van der Waals surface area contributed by atoms with Gasteiger partial charge in [0.1, 0.15) is 5.75 Å². The number of amides is 1. The Morgan fingerprint density at radius 2 is 2.24 bits per heavy atom. The van der Waals surface area contributed by atoms with Crippen LogP contribution in [0.25, 0.3) is 0 Å².